The van der Waals surface area contributed by atoms with Crippen molar-refractivity contribution in [2.75, 3.05) is 5.32 Å². The zero-order chi connectivity index (χ0) is 15.7. The third kappa shape index (κ3) is 2.49. The van der Waals surface area contributed by atoms with Gasteiger partial charge < -0.3 is 9.84 Å². The summed E-state index contributed by atoms with van der Waals surface area (Å²) in [7, 11) is 0. The molecule has 3 aromatic rings. The standard InChI is InChI=1S/C16H13FN4O/c1-9-3-12(17)5-14-15(9)19-7-11(6-18)16(14)20-8-13-4-10(2)22-21-13/h3-5,7H,8H2,1-2H3,(H,19,20). The smallest absolute Gasteiger partial charge is 0.133 e. The molecular weight excluding hydrogens is 283 g/mol. The van der Waals surface area contributed by atoms with Crippen LogP contribution in [0, 0.1) is 31.0 Å². The summed E-state index contributed by atoms with van der Waals surface area (Å²) in [6.45, 7) is 3.97. The number of aromatic nitrogens is 2. The molecule has 6 heteroatoms. The molecule has 0 aliphatic carbocycles. The van der Waals surface area contributed by atoms with Crippen LogP contribution in [0.2, 0.25) is 0 Å². The summed E-state index contributed by atoms with van der Waals surface area (Å²) in [5.74, 6) is 0.348. The lowest BCUT2D eigenvalue weighted by molar-refractivity contribution is 0.391. The number of fused-ring (bicyclic) bond motifs is 1. The van der Waals surface area contributed by atoms with E-state index in [-0.39, 0.29) is 5.82 Å². The van der Waals surface area contributed by atoms with Crippen LogP contribution in [0.25, 0.3) is 10.9 Å². The van der Waals surface area contributed by atoms with Crippen molar-refractivity contribution in [2.45, 2.75) is 20.4 Å². The molecule has 3 rings (SSSR count). The molecule has 0 aliphatic heterocycles. The number of aryl methyl sites for hydroxylation is 2. The first-order valence-corrected chi connectivity index (χ1v) is 6.73. The Balaban J connectivity index is 2.07. The Kier molecular flexibility index (Phi) is 3.47. The number of nitrogens with one attached hydrogen (secondary N) is 1. The largest absolute Gasteiger partial charge is 0.378 e. The maximum atomic E-state index is 13.7. The predicted octanol–water partition coefficient (Wildman–Crippen LogP) is 3.46. The molecule has 5 nitrogen and oxygen atoms in total. The number of nitrogens with zero attached hydrogens (tertiary/aromatic N) is 3. The molecule has 0 radical (unpaired) electrons. The van der Waals surface area contributed by atoms with Crippen LogP contribution in [0.1, 0.15) is 22.6 Å². The van der Waals surface area contributed by atoms with Crippen molar-refractivity contribution < 1.29 is 8.91 Å². The molecule has 0 fully saturated rings. The van der Waals surface area contributed by atoms with E-state index in [4.69, 9.17) is 4.52 Å². The highest BCUT2D eigenvalue weighted by Gasteiger charge is 2.12. The number of pyridine rings is 1. The first-order valence-electron chi connectivity index (χ1n) is 6.73. The van der Waals surface area contributed by atoms with Crippen molar-refractivity contribution in [3.05, 3.63) is 52.8 Å². The zero-order valence-corrected chi connectivity index (χ0v) is 12.1. The number of benzene rings is 1. The van der Waals surface area contributed by atoms with Gasteiger partial charge in [-0.2, -0.15) is 5.26 Å². The second kappa shape index (κ2) is 5.45. The maximum Gasteiger partial charge on any atom is 0.133 e. The lowest BCUT2D eigenvalue weighted by atomic mass is 10.1. The van der Waals surface area contributed by atoms with Crippen LogP contribution in [-0.4, -0.2) is 10.1 Å². The van der Waals surface area contributed by atoms with E-state index in [2.05, 4.69) is 21.5 Å². The summed E-state index contributed by atoms with van der Waals surface area (Å²) in [6, 6.07) is 6.68. The van der Waals surface area contributed by atoms with Crippen LogP contribution in [0.5, 0.6) is 0 Å². The average molecular weight is 296 g/mol. The zero-order valence-electron chi connectivity index (χ0n) is 12.1. The second-order valence-electron chi connectivity index (χ2n) is 5.06. The van der Waals surface area contributed by atoms with Crippen molar-refractivity contribution in [2.24, 2.45) is 0 Å². The minimum absolute atomic E-state index is 0.359. The van der Waals surface area contributed by atoms with E-state index in [0.717, 1.165) is 5.56 Å². The summed E-state index contributed by atoms with van der Waals surface area (Å²) in [4.78, 5) is 4.25. The lowest BCUT2D eigenvalue weighted by Crippen LogP contribution is -2.04. The number of rotatable bonds is 3. The molecule has 1 aromatic carbocycles. The summed E-state index contributed by atoms with van der Waals surface area (Å²) in [5.41, 5.74) is 3.01. The van der Waals surface area contributed by atoms with E-state index in [1.807, 2.05) is 0 Å². The first kappa shape index (κ1) is 14.0. The highest BCUT2D eigenvalue weighted by molar-refractivity contribution is 5.95. The summed E-state index contributed by atoms with van der Waals surface area (Å²) in [6.07, 6.45) is 1.49. The minimum atomic E-state index is -0.359. The van der Waals surface area contributed by atoms with Crippen molar-refractivity contribution >= 4 is 16.6 Å². The second-order valence-corrected chi connectivity index (χ2v) is 5.06. The fraction of sp³-hybridized carbons (Fsp3) is 0.188. The Morgan fingerprint density at radius 2 is 2.14 bits per heavy atom. The highest BCUT2D eigenvalue weighted by atomic mass is 19.1. The Morgan fingerprint density at radius 3 is 2.82 bits per heavy atom. The van der Waals surface area contributed by atoms with E-state index in [1.54, 1.807) is 19.9 Å². The average Bonchev–Trinajstić information content (AvgIpc) is 2.90. The molecule has 0 amide bonds. The van der Waals surface area contributed by atoms with Crippen LogP contribution in [0.4, 0.5) is 10.1 Å². The fourth-order valence-corrected chi connectivity index (χ4v) is 2.39. The molecule has 2 aromatic heterocycles. The van der Waals surface area contributed by atoms with Gasteiger partial charge >= 0.3 is 0 Å². The number of nitriles is 1. The first-order chi connectivity index (χ1) is 10.6. The Hall–Kier alpha value is -2.94. The van der Waals surface area contributed by atoms with Crippen molar-refractivity contribution in [1.29, 1.82) is 5.26 Å². The van der Waals surface area contributed by atoms with Gasteiger partial charge in [-0.05, 0) is 31.5 Å². The third-order valence-electron chi connectivity index (χ3n) is 3.37. The molecule has 0 unspecified atom stereocenters. The monoisotopic (exact) mass is 296 g/mol. The van der Waals surface area contributed by atoms with E-state index in [9.17, 15) is 9.65 Å². The molecule has 0 aliphatic rings. The fourth-order valence-electron chi connectivity index (χ4n) is 2.39. The van der Waals surface area contributed by atoms with Crippen molar-refractivity contribution in [3.8, 4) is 6.07 Å². The van der Waals surface area contributed by atoms with E-state index >= 15 is 0 Å². The van der Waals surface area contributed by atoms with Crippen LogP contribution in [0.3, 0.4) is 0 Å². The summed E-state index contributed by atoms with van der Waals surface area (Å²) >= 11 is 0. The molecule has 0 atom stereocenters. The van der Waals surface area contributed by atoms with Gasteiger partial charge in [0.2, 0.25) is 0 Å². The topological polar surface area (TPSA) is 74.7 Å². The Morgan fingerprint density at radius 1 is 1.32 bits per heavy atom. The van der Waals surface area contributed by atoms with Gasteiger partial charge in [-0.1, -0.05) is 5.16 Å². The van der Waals surface area contributed by atoms with Crippen LogP contribution in [0.15, 0.2) is 28.9 Å². The molecular formula is C16H13FN4O. The predicted molar refractivity (Wildman–Crippen MR) is 79.7 cm³/mol. The van der Waals surface area contributed by atoms with Gasteiger partial charge in [0.15, 0.2) is 0 Å². The molecule has 0 spiro atoms. The third-order valence-corrected chi connectivity index (χ3v) is 3.37. The molecule has 22 heavy (non-hydrogen) atoms. The quantitative estimate of drug-likeness (QED) is 0.801. The van der Waals surface area contributed by atoms with Gasteiger partial charge in [-0.15, -0.1) is 0 Å². The summed E-state index contributed by atoms with van der Waals surface area (Å²) < 4.78 is 18.7. The van der Waals surface area contributed by atoms with E-state index in [0.29, 0.717) is 40.2 Å². The van der Waals surface area contributed by atoms with Crippen LogP contribution in [-0.2, 0) is 6.54 Å². The van der Waals surface area contributed by atoms with Gasteiger partial charge in [0.05, 0.1) is 23.3 Å². The number of hydrogen-bond acceptors (Lipinski definition) is 5. The van der Waals surface area contributed by atoms with Gasteiger partial charge in [0, 0.05) is 17.6 Å². The molecule has 0 saturated heterocycles. The van der Waals surface area contributed by atoms with Crippen LogP contribution >= 0.6 is 0 Å². The lowest BCUT2D eigenvalue weighted by Gasteiger charge is -2.11. The molecule has 0 bridgehead atoms. The number of halogens is 1. The Bertz CT molecular complexity index is 895. The maximum absolute atomic E-state index is 13.7. The molecule has 2 heterocycles. The summed E-state index contributed by atoms with van der Waals surface area (Å²) in [5, 5.41) is 16.9. The van der Waals surface area contributed by atoms with Gasteiger partial charge in [0.1, 0.15) is 23.3 Å². The van der Waals surface area contributed by atoms with E-state index < -0.39 is 0 Å². The van der Waals surface area contributed by atoms with Gasteiger partial charge in [-0.25, -0.2) is 4.39 Å². The van der Waals surface area contributed by atoms with Crippen LogP contribution < -0.4 is 5.32 Å². The van der Waals surface area contributed by atoms with Gasteiger partial charge in [0.25, 0.3) is 0 Å². The molecule has 0 saturated carbocycles. The number of hydrogen-bond donors (Lipinski definition) is 1. The molecule has 1 N–H and O–H groups in total. The number of anilines is 1. The van der Waals surface area contributed by atoms with Gasteiger partial charge in [-0.3, -0.25) is 4.98 Å². The Labute approximate surface area is 126 Å². The SMILES string of the molecule is Cc1cc(CNc2c(C#N)cnc3c(C)cc(F)cc23)no1. The van der Waals surface area contributed by atoms with Crippen molar-refractivity contribution in [1.82, 2.24) is 10.1 Å². The minimum Gasteiger partial charge on any atom is -0.378 e. The highest BCUT2D eigenvalue weighted by Crippen LogP contribution is 2.29. The van der Waals surface area contributed by atoms with E-state index in [1.165, 1.54) is 18.3 Å². The molecule has 110 valence electrons. The van der Waals surface area contributed by atoms with Crippen molar-refractivity contribution in [3.63, 3.8) is 0 Å². The normalized spacial score (nSPS) is 10.6.